The highest BCUT2D eigenvalue weighted by molar-refractivity contribution is 5.92. The van der Waals surface area contributed by atoms with Crippen LogP contribution in [0.2, 0.25) is 0 Å². The minimum absolute atomic E-state index is 0.345. The number of hydroxylamine groups is 2. The molecule has 1 amide bonds. The topological polar surface area (TPSA) is 68.7 Å². The van der Waals surface area contributed by atoms with Crippen LogP contribution < -0.4 is 4.74 Å². The summed E-state index contributed by atoms with van der Waals surface area (Å²) in [6.07, 6.45) is 2.07. The third-order valence-corrected chi connectivity index (χ3v) is 4.68. The number of nitrogens with zero attached hydrogens (tertiary/aromatic N) is 2. The summed E-state index contributed by atoms with van der Waals surface area (Å²) in [6.45, 7) is 0. The van der Waals surface area contributed by atoms with Gasteiger partial charge in [-0.15, -0.1) is 0 Å². The van der Waals surface area contributed by atoms with Crippen LogP contribution in [0.1, 0.15) is 37.7 Å². The number of halogens is 3. The molecule has 0 aliphatic heterocycles. The number of para-hydroxylation sites is 1. The van der Waals surface area contributed by atoms with Gasteiger partial charge in [0.25, 0.3) is 5.91 Å². The second kappa shape index (κ2) is 10.1. The van der Waals surface area contributed by atoms with Crippen molar-refractivity contribution in [3.63, 3.8) is 0 Å². The molecule has 1 aliphatic carbocycles. The smallest absolute Gasteiger partial charge is 0.439 e. The maximum Gasteiger partial charge on any atom is 0.493 e. The summed E-state index contributed by atoms with van der Waals surface area (Å²) in [5.74, 6) is -2.29. The first-order valence-corrected chi connectivity index (χ1v) is 9.82. The second-order valence-corrected chi connectivity index (χ2v) is 7.01. The third-order valence-electron chi connectivity index (χ3n) is 4.68. The highest BCUT2D eigenvalue weighted by Gasteiger charge is 2.44. The van der Waals surface area contributed by atoms with E-state index in [1.807, 2.05) is 18.2 Å². The van der Waals surface area contributed by atoms with Gasteiger partial charge in [0.15, 0.2) is 0 Å². The molecule has 0 spiro atoms. The average Bonchev–Trinajstić information content (AvgIpc) is 2.77. The molecule has 3 rings (SSSR count). The third kappa shape index (κ3) is 6.56. The fourth-order valence-corrected chi connectivity index (χ4v) is 3.16. The molecule has 1 aromatic heterocycles. The van der Waals surface area contributed by atoms with E-state index in [0.29, 0.717) is 35.1 Å². The molecule has 0 atom stereocenters. The lowest BCUT2D eigenvalue weighted by molar-refractivity contribution is -0.243. The van der Waals surface area contributed by atoms with Crippen LogP contribution in [0.15, 0.2) is 54.7 Å². The van der Waals surface area contributed by atoms with Gasteiger partial charge in [-0.1, -0.05) is 37.5 Å². The lowest BCUT2D eigenvalue weighted by atomic mass is 9.95. The van der Waals surface area contributed by atoms with E-state index in [0.717, 1.165) is 25.3 Å². The van der Waals surface area contributed by atoms with Crippen LogP contribution in [0.4, 0.5) is 13.2 Å². The Labute approximate surface area is 177 Å². The number of carbonyl (C=O) groups is 2. The van der Waals surface area contributed by atoms with Crippen LogP contribution >= 0.6 is 0 Å². The lowest BCUT2D eigenvalue weighted by Crippen LogP contribution is -2.44. The molecule has 0 unspecified atom stereocenters. The van der Waals surface area contributed by atoms with Gasteiger partial charge in [0.05, 0.1) is 6.04 Å². The van der Waals surface area contributed by atoms with E-state index in [-0.39, 0.29) is 0 Å². The Hall–Kier alpha value is -3.36. The van der Waals surface area contributed by atoms with Crippen molar-refractivity contribution in [2.75, 3.05) is 0 Å². The molecule has 1 aromatic carbocycles. The molecule has 1 heterocycles. The van der Waals surface area contributed by atoms with E-state index in [2.05, 4.69) is 9.82 Å². The highest BCUT2D eigenvalue weighted by atomic mass is 19.4. The zero-order valence-electron chi connectivity index (χ0n) is 16.5. The molecule has 164 valence electrons. The van der Waals surface area contributed by atoms with E-state index in [9.17, 15) is 22.8 Å². The van der Waals surface area contributed by atoms with Gasteiger partial charge in [-0.3, -0.25) is 4.79 Å². The summed E-state index contributed by atoms with van der Waals surface area (Å²) in [6, 6.07) is 11.7. The van der Waals surface area contributed by atoms with Gasteiger partial charge < -0.3 is 9.57 Å². The van der Waals surface area contributed by atoms with Gasteiger partial charge in [-0.25, -0.2) is 9.78 Å². The highest BCUT2D eigenvalue weighted by Crippen LogP contribution is 2.26. The number of alkyl halides is 3. The first-order chi connectivity index (χ1) is 14.8. The molecule has 0 radical (unpaired) electrons. The number of amides is 1. The van der Waals surface area contributed by atoms with Crippen molar-refractivity contribution in [2.24, 2.45) is 0 Å². The van der Waals surface area contributed by atoms with E-state index in [4.69, 9.17) is 4.74 Å². The predicted molar refractivity (Wildman–Crippen MR) is 106 cm³/mol. The van der Waals surface area contributed by atoms with Crippen LogP contribution in [0.3, 0.4) is 0 Å². The minimum atomic E-state index is -5.19. The number of aromatic nitrogens is 1. The molecule has 1 fully saturated rings. The first kappa shape index (κ1) is 22.3. The van der Waals surface area contributed by atoms with Crippen LogP contribution in [0.5, 0.6) is 11.6 Å². The van der Waals surface area contributed by atoms with Gasteiger partial charge in [0, 0.05) is 18.3 Å². The van der Waals surface area contributed by atoms with E-state index < -0.39 is 24.1 Å². The van der Waals surface area contributed by atoms with Crippen LogP contribution in [-0.2, 0) is 14.4 Å². The van der Waals surface area contributed by atoms with Crippen molar-refractivity contribution in [1.82, 2.24) is 10.0 Å². The number of pyridine rings is 1. The number of hydrogen-bond donors (Lipinski definition) is 0. The molecule has 1 saturated carbocycles. The van der Waals surface area contributed by atoms with Crippen molar-refractivity contribution in [3.05, 3.63) is 60.3 Å². The van der Waals surface area contributed by atoms with Crippen molar-refractivity contribution >= 4 is 18.0 Å². The fourth-order valence-electron chi connectivity index (χ4n) is 3.16. The van der Waals surface area contributed by atoms with E-state index in [1.165, 1.54) is 12.3 Å². The summed E-state index contributed by atoms with van der Waals surface area (Å²) < 4.78 is 43.5. The van der Waals surface area contributed by atoms with Gasteiger partial charge in [0.2, 0.25) is 5.88 Å². The molecule has 6 nitrogen and oxygen atoms in total. The maximum atomic E-state index is 12.6. The maximum absolute atomic E-state index is 12.6. The van der Waals surface area contributed by atoms with Gasteiger partial charge in [-0.05, 0) is 42.7 Å². The Bertz CT molecular complexity index is 909. The molecule has 2 aromatic rings. The minimum Gasteiger partial charge on any atom is -0.439 e. The number of ether oxygens (including phenoxy) is 1. The van der Waals surface area contributed by atoms with Gasteiger partial charge >= 0.3 is 12.1 Å². The summed E-state index contributed by atoms with van der Waals surface area (Å²) >= 11 is 0. The summed E-state index contributed by atoms with van der Waals surface area (Å²) in [4.78, 5) is 32.4. The normalized spacial score (nSPS) is 14.9. The first-order valence-electron chi connectivity index (χ1n) is 9.82. The largest absolute Gasteiger partial charge is 0.493 e. The SMILES string of the molecule is O=C(/C=C/c1ccc(Oc2ccccc2)nc1)N(OC(=O)C(F)(F)F)C1CCCCC1. The molecule has 1 aliphatic rings. The molecule has 31 heavy (non-hydrogen) atoms. The van der Waals surface area contributed by atoms with E-state index >= 15 is 0 Å². The summed E-state index contributed by atoms with van der Waals surface area (Å²) in [5.41, 5.74) is 0.527. The second-order valence-electron chi connectivity index (χ2n) is 7.01. The summed E-state index contributed by atoms with van der Waals surface area (Å²) in [7, 11) is 0. The Kier molecular flexibility index (Phi) is 7.28. The Balaban J connectivity index is 1.67. The van der Waals surface area contributed by atoms with Crippen LogP contribution in [0.25, 0.3) is 6.08 Å². The zero-order valence-corrected chi connectivity index (χ0v) is 16.5. The van der Waals surface area contributed by atoms with Crippen molar-refractivity contribution in [1.29, 1.82) is 0 Å². The molecule has 0 saturated heterocycles. The van der Waals surface area contributed by atoms with E-state index in [1.54, 1.807) is 24.3 Å². The van der Waals surface area contributed by atoms with Gasteiger partial charge in [-0.2, -0.15) is 18.2 Å². The standard InChI is InChI=1S/C22H21F3N2O4/c23-22(24,25)21(29)31-27(17-7-3-1-4-8-17)20(28)14-12-16-11-13-19(26-15-16)30-18-9-5-2-6-10-18/h2,5-6,9-15,17H,1,3-4,7-8H2/b14-12+. The molecule has 9 heteroatoms. The van der Waals surface area contributed by atoms with Crippen LogP contribution in [0, 0.1) is 0 Å². The molecule has 0 bridgehead atoms. The molecular weight excluding hydrogens is 413 g/mol. The Morgan fingerprint density at radius 3 is 2.35 bits per heavy atom. The van der Waals surface area contributed by atoms with Crippen molar-refractivity contribution < 1.29 is 32.3 Å². The van der Waals surface area contributed by atoms with Gasteiger partial charge in [0.1, 0.15) is 5.75 Å². The average molecular weight is 434 g/mol. The predicted octanol–water partition coefficient (Wildman–Crippen LogP) is 5.07. The quantitative estimate of drug-likeness (QED) is 0.486. The number of hydrogen-bond acceptors (Lipinski definition) is 5. The summed E-state index contributed by atoms with van der Waals surface area (Å²) in [5, 5.41) is 0.547. The molecule has 0 N–H and O–H groups in total. The van der Waals surface area contributed by atoms with Crippen molar-refractivity contribution in [3.8, 4) is 11.6 Å². The monoisotopic (exact) mass is 434 g/mol. The van der Waals surface area contributed by atoms with Crippen LogP contribution in [-0.4, -0.2) is 34.1 Å². The Morgan fingerprint density at radius 1 is 1.03 bits per heavy atom. The lowest BCUT2D eigenvalue weighted by Gasteiger charge is -2.31. The number of carbonyl (C=O) groups excluding carboxylic acids is 2. The Morgan fingerprint density at radius 2 is 1.74 bits per heavy atom. The number of rotatable bonds is 5. The zero-order chi connectivity index (χ0) is 22.3. The number of benzene rings is 1. The fraction of sp³-hybridized carbons (Fsp3) is 0.318. The molecular formula is C22H21F3N2O4. The van der Waals surface area contributed by atoms with Crippen molar-refractivity contribution in [2.45, 2.75) is 44.3 Å².